The van der Waals surface area contributed by atoms with Gasteiger partial charge in [-0.25, -0.2) is 4.57 Å². The molecule has 54 heavy (non-hydrogen) atoms. The van der Waals surface area contributed by atoms with E-state index in [4.69, 9.17) is 13.8 Å². The van der Waals surface area contributed by atoms with Crippen molar-refractivity contribution in [2.24, 2.45) is 0 Å². The number of carbonyl (C=O) groups is 2. The van der Waals surface area contributed by atoms with Gasteiger partial charge < -0.3 is 20.1 Å². The van der Waals surface area contributed by atoms with Crippen LogP contribution >= 0.6 is 7.82 Å². The van der Waals surface area contributed by atoms with Gasteiger partial charge >= 0.3 is 13.8 Å². The third kappa shape index (κ3) is 41.9. The van der Waals surface area contributed by atoms with Gasteiger partial charge in [-0.1, -0.05) is 193 Å². The fourth-order valence-corrected chi connectivity index (χ4v) is 7.26. The molecule has 0 spiro atoms. The van der Waals surface area contributed by atoms with Crippen LogP contribution in [0.1, 0.15) is 226 Å². The number of carbonyl (C=O) groups excluding carboxylic acids is 2. The topological polar surface area (TPSA) is 131 Å². The normalized spacial score (nSPS) is 13.3. The monoisotopic (exact) mass is 788 g/mol. The van der Waals surface area contributed by atoms with E-state index in [1.807, 2.05) is 0 Å². The second-order valence-corrected chi connectivity index (χ2v) is 16.8. The Morgan fingerprint density at radius 2 is 0.981 bits per heavy atom. The van der Waals surface area contributed by atoms with E-state index < -0.39 is 26.5 Å². The van der Waals surface area contributed by atoms with Gasteiger partial charge in [0, 0.05) is 19.4 Å². The van der Waals surface area contributed by atoms with Crippen molar-refractivity contribution in [1.82, 2.24) is 5.32 Å². The third-order valence-electron chi connectivity index (χ3n) is 9.93. The van der Waals surface area contributed by atoms with Crippen LogP contribution in [0.25, 0.3) is 0 Å². The molecule has 2 atom stereocenters. The summed E-state index contributed by atoms with van der Waals surface area (Å²) in [7, 11) is -4.41. The van der Waals surface area contributed by atoms with Crippen LogP contribution in [0.3, 0.4) is 0 Å². The number of aliphatic hydroxyl groups excluding tert-OH is 1. The van der Waals surface area contributed by atoms with Crippen LogP contribution in [0.4, 0.5) is 0 Å². The van der Waals surface area contributed by atoms with E-state index in [1.165, 1.54) is 135 Å². The summed E-state index contributed by atoms with van der Waals surface area (Å²) in [4.78, 5) is 33.8. The first-order chi connectivity index (χ1) is 26.3. The van der Waals surface area contributed by atoms with Crippen LogP contribution in [-0.2, 0) is 27.9 Å². The van der Waals surface area contributed by atoms with E-state index >= 15 is 0 Å². The van der Waals surface area contributed by atoms with E-state index in [9.17, 15) is 24.2 Å². The number of allylic oxidation sites excluding steroid dienone is 2. The van der Waals surface area contributed by atoms with E-state index in [2.05, 4.69) is 31.3 Å². The van der Waals surface area contributed by atoms with Crippen molar-refractivity contribution in [1.29, 1.82) is 0 Å². The number of unbranched alkanes of at least 4 members (excludes halogenated alkanes) is 28. The molecule has 0 aliphatic carbocycles. The maximum Gasteiger partial charge on any atom is 0.472 e. The summed E-state index contributed by atoms with van der Waals surface area (Å²) in [6.45, 7) is 3.51. The van der Waals surface area contributed by atoms with E-state index in [1.54, 1.807) is 0 Å². The number of hydrogen-bond donors (Lipinski definition) is 3. The largest absolute Gasteiger partial charge is 0.472 e. The summed E-state index contributed by atoms with van der Waals surface area (Å²) in [5.41, 5.74) is 0. The first-order valence-corrected chi connectivity index (χ1v) is 24.2. The lowest BCUT2D eigenvalue weighted by Crippen LogP contribution is -2.27. The maximum absolute atomic E-state index is 12.1. The molecule has 0 rings (SSSR count). The molecule has 0 bridgehead atoms. The Balaban J connectivity index is 3.50. The molecule has 1 amide bonds. The molecule has 0 aliphatic heterocycles. The van der Waals surface area contributed by atoms with Gasteiger partial charge in [-0.15, -0.1) is 0 Å². The predicted molar refractivity (Wildman–Crippen MR) is 225 cm³/mol. The zero-order chi connectivity index (χ0) is 39.6. The lowest BCUT2D eigenvalue weighted by atomic mass is 10.0. The van der Waals surface area contributed by atoms with Gasteiger partial charge in [0.2, 0.25) is 5.91 Å². The molecule has 0 saturated heterocycles. The number of ether oxygens (including phenoxy) is 1. The maximum atomic E-state index is 12.1. The molecule has 0 aromatic heterocycles. The van der Waals surface area contributed by atoms with Gasteiger partial charge in [-0.3, -0.25) is 18.6 Å². The number of phosphoric ester groups is 1. The van der Waals surface area contributed by atoms with Gasteiger partial charge in [-0.2, -0.15) is 0 Å². The van der Waals surface area contributed by atoms with Gasteiger partial charge in [0.05, 0.1) is 13.2 Å². The Labute approximate surface area is 332 Å². The summed E-state index contributed by atoms with van der Waals surface area (Å²) >= 11 is 0. The standard InChI is InChI=1S/C44H86NO8P/c1-3-5-7-9-11-13-15-16-17-18-19-20-21-22-23-24-25-26-27-28-30-32-34-36-43(47)45-38-39-52-54(49,50)53-41-42(46)40-51-44(48)37-35-33-31-29-14-12-10-8-6-4-2/h8,10,42,46H,3-7,9,11-41H2,1-2H3,(H,45,47)(H,49,50)/b10-8-. The number of hydrogen-bond acceptors (Lipinski definition) is 7. The van der Waals surface area contributed by atoms with Crippen molar-refractivity contribution in [2.45, 2.75) is 232 Å². The second-order valence-electron chi connectivity index (χ2n) is 15.4. The summed E-state index contributed by atoms with van der Waals surface area (Å²) in [6.07, 6.45) is 43.1. The van der Waals surface area contributed by atoms with Crippen LogP contribution < -0.4 is 5.32 Å². The predicted octanol–water partition coefficient (Wildman–Crippen LogP) is 12.6. The summed E-state index contributed by atoms with van der Waals surface area (Å²) < 4.78 is 26.8. The van der Waals surface area contributed by atoms with E-state index in [-0.39, 0.29) is 32.1 Å². The van der Waals surface area contributed by atoms with Crippen LogP contribution in [-0.4, -0.2) is 54.3 Å². The Bertz CT molecular complexity index is 902. The highest BCUT2D eigenvalue weighted by molar-refractivity contribution is 7.47. The van der Waals surface area contributed by atoms with Crippen molar-refractivity contribution >= 4 is 19.7 Å². The minimum atomic E-state index is -4.41. The van der Waals surface area contributed by atoms with Crippen molar-refractivity contribution in [2.75, 3.05) is 26.4 Å². The van der Waals surface area contributed by atoms with Crippen molar-refractivity contribution in [3.8, 4) is 0 Å². The average molecular weight is 788 g/mol. The van der Waals surface area contributed by atoms with Gasteiger partial charge in [0.1, 0.15) is 12.7 Å². The molecule has 10 heteroatoms. The van der Waals surface area contributed by atoms with Gasteiger partial charge in [-0.05, 0) is 32.1 Å². The van der Waals surface area contributed by atoms with E-state index in [0.717, 1.165) is 64.2 Å². The minimum Gasteiger partial charge on any atom is -0.463 e. The average Bonchev–Trinajstić information content (AvgIpc) is 3.16. The summed E-state index contributed by atoms with van der Waals surface area (Å²) in [5, 5.41) is 12.7. The van der Waals surface area contributed by atoms with Crippen LogP contribution in [0.15, 0.2) is 12.2 Å². The van der Waals surface area contributed by atoms with Crippen molar-refractivity contribution in [3.05, 3.63) is 12.2 Å². The Hall–Kier alpha value is -1.25. The zero-order valence-corrected chi connectivity index (χ0v) is 36.1. The van der Waals surface area contributed by atoms with Gasteiger partial charge in [0.25, 0.3) is 0 Å². The second kappa shape index (κ2) is 41.4. The molecule has 2 unspecified atom stereocenters. The zero-order valence-electron chi connectivity index (χ0n) is 35.2. The van der Waals surface area contributed by atoms with Crippen molar-refractivity contribution in [3.63, 3.8) is 0 Å². The molecule has 0 heterocycles. The number of esters is 1. The molecular formula is C44H86NO8P. The summed E-state index contributed by atoms with van der Waals surface area (Å²) in [5.74, 6) is -0.519. The fraction of sp³-hybridized carbons (Fsp3) is 0.909. The highest BCUT2D eigenvalue weighted by Crippen LogP contribution is 2.42. The van der Waals surface area contributed by atoms with Crippen LogP contribution in [0, 0.1) is 0 Å². The third-order valence-corrected chi connectivity index (χ3v) is 10.9. The molecule has 0 saturated carbocycles. The number of phosphoric acid groups is 1. The number of rotatable bonds is 43. The van der Waals surface area contributed by atoms with E-state index in [0.29, 0.717) is 6.42 Å². The molecule has 3 N–H and O–H groups in total. The molecule has 9 nitrogen and oxygen atoms in total. The molecule has 0 radical (unpaired) electrons. The molecule has 320 valence electrons. The lowest BCUT2D eigenvalue weighted by Gasteiger charge is -2.15. The van der Waals surface area contributed by atoms with Crippen LogP contribution in [0.5, 0.6) is 0 Å². The first-order valence-electron chi connectivity index (χ1n) is 22.7. The summed E-state index contributed by atoms with van der Waals surface area (Å²) in [6, 6.07) is 0. The van der Waals surface area contributed by atoms with Crippen LogP contribution in [0.2, 0.25) is 0 Å². The Morgan fingerprint density at radius 3 is 1.46 bits per heavy atom. The Morgan fingerprint density at radius 1 is 0.556 bits per heavy atom. The number of aliphatic hydroxyl groups is 1. The Kier molecular flexibility index (Phi) is 40.4. The molecule has 0 fully saturated rings. The molecular weight excluding hydrogens is 701 g/mol. The highest BCUT2D eigenvalue weighted by Gasteiger charge is 2.23. The fourth-order valence-electron chi connectivity index (χ4n) is 6.50. The van der Waals surface area contributed by atoms with Crippen molar-refractivity contribution < 1.29 is 37.9 Å². The highest BCUT2D eigenvalue weighted by atomic mass is 31.2. The molecule has 0 aromatic carbocycles. The molecule has 0 aromatic rings. The quantitative estimate of drug-likeness (QED) is 0.0241. The molecule has 0 aliphatic rings. The number of amides is 1. The smallest absolute Gasteiger partial charge is 0.463 e. The first kappa shape index (κ1) is 52.8. The number of nitrogens with one attached hydrogen (secondary N) is 1. The minimum absolute atomic E-state index is 0.0856. The lowest BCUT2D eigenvalue weighted by molar-refractivity contribution is -0.147. The SMILES string of the molecule is CCC/C=C\CCCCCCCC(=O)OCC(O)COP(=O)(O)OCCNC(=O)CCCCCCCCCCCCCCCCCCCCCCCCC. The van der Waals surface area contributed by atoms with Gasteiger partial charge in [0.15, 0.2) is 0 Å².